The summed E-state index contributed by atoms with van der Waals surface area (Å²) in [5.74, 6) is 1.70. The van der Waals surface area contributed by atoms with Gasteiger partial charge in [0.2, 0.25) is 5.91 Å². The average molecular weight is 454 g/mol. The van der Waals surface area contributed by atoms with E-state index >= 15 is 0 Å². The number of aliphatic imine (C=N–C) groups is 1. The van der Waals surface area contributed by atoms with Gasteiger partial charge in [0.1, 0.15) is 0 Å². The Morgan fingerprint density at radius 1 is 1.38 bits per heavy atom. The van der Waals surface area contributed by atoms with Crippen molar-refractivity contribution in [1.82, 2.24) is 15.5 Å². The summed E-state index contributed by atoms with van der Waals surface area (Å²) in [7, 11) is 3.83. The third-order valence-corrected chi connectivity index (χ3v) is 4.44. The van der Waals surface area contributed by atoms with Crippen molar-refractivity contribution >= 4 is 35.8 Å². The molecule has 0 radical (unpaired) electrons. The van der Waals surface area contributed by atoms with Crippen molar-refractivity contribution in [2.75, 3.05) is 40.4 Å². The minimum atomic E-state index is 0. The number of nitrogens with zero attached hydrogens (tertiary/aromatic N) is 2. The van der Waals surface area contributed by atoms with Crippen LogP contribution >= 0.6 is 24.0 Å². The molecule has 0 spiro atoms. The zero-order chi connectivity index (χ0) is 17.1. The molecule has 0 aliphatic carbocycles. The number of ether oxygens (including phenoxy) is 1. The van der Waals surface area contributed by atoms with Gasteiger partial charge in [-0.1, -0.05) is 6.92 Å². The zero-order valence-corrected chi connectivity index (χ0v) is 18.0. The third-order valence-electron chi connectivity index (χ3n) is 4.44. The molecule has 1 unspecified atom stereocenters. The van der Waals surface area contributed by atoms with Gasteiger partial charge in [0.15, 0.2) is 5.96 Å². The Kier molecular flexibility index (Phi) is 13.4. The highest BCUT2D eigenvalue weighted by molar-refractivity contribution is 14.0. The third kappa shape index (κ3) is 9.66. The highest BCUT2D eigenvalue weighted by Crippen LogP contribution is 2.18. The molecule has 24 heavy (non-hydrogen) atoms. The predicted octanol–water partition coefficient (Wildman–Crippen LogP) is 2.23. The van der Waals surface area contributed by atoms with Gasteiger partial charge < -0.3 is 20.3 Å². The Labute approximate surface area is 164 Å². The molecular formula is C17H35IN4O2. The molecule has 1 aliphatic rings. The second-order valence-corrected chi connectivity index (χ2v) is 6.37. The summed E-state index contributed by atoms with van der Waals surface area (Å²) in [6, 6.07) is 0.240. The lowest BCUT2D eigenvalue weighted by atomic mass is 9.96. The van der Waals surface area contributed by atoms with E-state index < -0.39 is 0 Å². The number of amides is 1. The van der Waals surface area contributed by atoms with Gasteiger partial charge in [-0.05, 0) is 38.5 Å². The molecule has 1 rings (SSSR count). The number of halogens is 1. The van der Waals surface area contributed by atoms with E-state index in [2.05, 4.69) is 27.4 Å². The SMILES string of the molecule is CCC(C)NC(=O)CCNC(=NC)N(C)CCC1CCOCC1.I. The highest BCUT2D eigenvalue weighted by Gasteiger charge is 2.15. The first-order chi connectivity index (χ1) is 11.1. The lowest BCUT2D eigenvalue weighted by Crippen LogP contribution is -2.42. The molecule has 1 amide bonds. The normalized spacial score (nSPS) is 16.9. The predicted molar refractivity (Wildman–Crippen MR) is 110 cm³/mol. The molecule has 6 nitrogen and oxygen atoms in total. The topological polar surface area (TPSA) is 66.0 Å². The Morgan fingerprint density at radius 2 is 2.04 bits per heavy atom. The molecule has 2 N–H and O–H groups in total. The van der Waals surface area contributed by atoms with Crippen molar-refractivity contribution in [3.05, 3.63) is 0 Å². The van der Waals surface area contributed by atoms with Crippen molar-refractivity contribution in [2.24, 2.45) is 10.9 Å². The fourth-order valence-electron chi connectivity index (χ4n) is 2.64. The maximum absolute atomic E-state index is 11.8. The number of rotatable bonds is 8. The van der Waals surface area contributed by atoms with Gasteiger partial charge in [0.05, 0.1) is 0 Å². The molecular weight excluding hydrogens is 419 g/mol. The largest absolute Gasteiger partial charge is 0.381 e. The van der Waals surface area contributed by atoms with Gasteiger partial charge in [-0.3, -0.25) is 9.79 Å². The number of nitrogens with one attached hydrogen (secondary N) is 2. The first-order valence-corrected chi connectivity index (χ1v) is 8.85. The number of carbonyl (C=O) groups is 1. The van der Waals surface area contributed by atoms with Crippen LogP contribution in [0.15, 0.2) is 4.99 Å². The van der Waals surface area contributed by atoms with E-state index in [1.807, 2.05) is 14.0 Å². The lowest BCUT2D eigenvalue weighted by molar-refractivity contribution is -0.121. The van der Waals surface area contributed by atoms with Crippen LogP contribution < -0.4 is 10.6 Å². The first-order valence-electron chi connectivity index (χ1n) is 8.85. The molecule has 142 valence electrons. The summed E-state index contributed by atoms with van der Waals surface area (Å²) in [4.78, 5) is 18.2. The zero-order valence-electron chi connectivity index (χ0n) is 15.6. The van der Waals surface area contributed by atoms with E-state index in [4.69, 9.17) is 4.74 Å². The fourth-order valence-corrected chi connectivity index (χ4v) is 2.64. The van der Waals surface area contributed by atoms with Crippen molar-refractivity contribution in [3.63, 3.8) is 0 Å². The minimum absolute atomic E-state index is 0. The second kappa shape index (κ2) is 13.7. The standard InChI is InChI=1S/C17H34N4O2.HI/c1-5-14(2)20-16(22)6-10-19-17(18-3)21(4)11-7-15-8-12-23-13-9-15;/h14-15H,5-13H2,1-4H3,(H,18,19)(H,20,22);1H. The van der Waals surface area contributed by atoms with E-state index in [1.54, 1.807) is 7.05 Å². The van der Waals surface area contributed by atoms with Crippen LogP contribution in [0, 0.1) is 5.92 Å². The van der Waals surface area contributed by atoms with Crippen LogP contribution in [0.3, 0.4) is 0 Å². The van der Waals surface area contributed by atoms with Gasteiger partial charge in [-0.2, -0.15) is 0 Å². The van der Waals surface area contributed by atoms with Crippen LogP contribution in [0.4, 0.5) is 0 Å². The minimum Gasteiger partial charge on any atom is -0.381 e. The quantitative estimate of drug-likeness (QED) is 0.336. The van der Waals surface area contributed by atoms with Crippen LogP contribution in [0.1, 0.15) is 46.0 Å². The smallest absolute Gasteiger partial charge is 0.221 e. The van der Waals surface area contributed by atoms with Crippen LogP contribution in [-0.4, -0.2) is 63.2 Å². The summed E-state index contributed by atoms with van der Waals surface area (Å²) in [6.07, 6.45) is 4.91. The Bertz CT molecular complexity index is 374. The fraction of sp³-hybridized carbons (Fsp3) is 0.882. The Hall–Kier alpha value is -0.570. The van der Waals surface area contributed by atoms with Crippen molar-refractivity contribution < 1.29 is 9.53 Å². The van der Waals surface area contributed by atoms with E-state index in [0.29, 0.717) is 13.0 Å². The van der Waals surface area contributed by atoms with Gasteiger partial charge in [0, 0.05) is 52.9 Å². The van der Waals surface area contributed by atoms with Crippen molar-refractivity contribution in [3.8, 4) is 0 Å². The highest BCUT2D eigenvalue weighted by atomic mass is 127. The maximum Gasteiger partial charge on any atom is 0.221 e. The monoisotopic (exact) mass is 454 g/mol. The van der Waals surface area contributed by atoms with Crippen LogP contribution in [0.5, 0.6) is 0 Å². The summed E-state index contributed by atoms with van der Waals surface area (Å²) < 4.78 is 5.40. The van der Waals surface area contributed by atoms with Gasteiger partial charge in [-0.25, -0.2) is 0 Å². The number of hydrogen-bond acceptors (Lipinski definition) is 3. The Balaban J connectivity index is 0.00000529. The van der Waals surface area contributed by atoms with Crippen LogP contribution in [0.25, 0.3) is 0 Å². The van der Waals surface area contributed by atoms with E-state index in [-0.39, 0.29) is 35.9 Å². The molecule has 1 saturated heterocycles. The summed E-state index contributed by atoms with van der Waals surface area (Å²) in [6.45, 7) is 7.46. The maximum atomic E-state index is 11.8. The molecule has 0 aromatic heterocycles. The average Bonchev–Trinajstić information content (AvgIpc) is 2.57. The number of carbonyl (C=O) groups excluding carboxylic acids is 1. The molecule has 0 saturated carbocycles. The molecule has 0 aromatic rings. The summed E-state index contributed by atoms with van der Waals surface area (Å²) in [5, 5.41) is 6.24. The molecule has 0 aromatic carbocycles. The second-order valence-electron chi connectivity index (χ2n) is 6.37. The number of hydrogen-bond donors (Lipinski definition) is 2. The first kappa shape index (κ1) is 23.4. The van der Waals surface area contributed by atoms with E-state index in [0.717, 1.165) is 57.3 Å². The molecule has 7 heteroatoms. The van der Waals surface area contributed by atoms with Crippen LogP contribution in [-0.2, 0) is 9.53 Å². The molecule has 1 heterocycles. The van der Waals surface area contributed by atoms with Gasteiger partial charge in [-0.15, -0.1) is 24.0 Å². The summed E-state index contributed by atoms with van der Waals surface area (Å²) >= 11 is 0. The molecule has 1 atom stereocenters. The van der Waals surface area contributed by atoms with E-state index in [9.17, 15) is 4.79 Å². The van der Waals surface area contributed by atoms with Crippen LogP contribution in [0.2, 0.25) is 0 Å². The number of guanidine groups is 1. The summed E-state index contributed by atoms with van der Waals surface area (Å²) in [5.41, 5.74) is 0. The van der Waals surface area contributed by atoms with Crippen molar-refractivity contribution in [1.29, 1.82) is 0 Å². The lowest BCUT2D eigenvalue weighted by Gasteiger charge is -2.26. The van der Waals surface area contributed by atoms with Gasteiger partial charge in [0.25, 0.3) is 0 Å². The molecule has 0 bridgehead atoms. The van der Waals surface area contributed by atoms with Gasteiger partial charge >= 0.3 is 0 Å². The van der Waals surface area contributed by atoms with Crippen molar-refractivity contribution in [2.45, 2.75) is 52.0 Å². The Morgan fingerprint density at radius 3 is 2.62 bits per heavy atom. The van der Waals surface area contributed by atoms with E-state index in [1.165, 1.54) is 0 Å². The molecule has 1 aliphatic heterocycles. The molecule has 1 fully saturated rings.